The van der Waals surface area contributed by atoms with Crippen LogP contribution in [-0.4, -0.2) is 60.3 Å². The van der Waals surface area contributed by atoms with Gasteiger partial charge in [0.1, 0.15) is 0 Å². The number of fused-ring (bicyclic) bond motifs is 1. The van der Waals surface area contributed by atoms with Gasteiger partial charge in [-0.1, -0.05) is 24.3 Å². The minimum atomic E-state index is -0.501. The number of nitrogens with one attached hydrogen (secondary N) is 1. The third-order valence-electron chi connectivity index (χ3n) is 3.80. The fourth-order valence-electron chi connectivity index (χ4n) is 2.68. The molecule has 5 nitrogen and oxygen atoms in total. The molecule has 21 heavy (non-hydrogen) atoms. The Labute approximate surface area is 126 Å². The number of hydrogen-bond acceptors (Lipinski definition) is 3. The predicted molar refractivity (Wildman–Crippen MR) is 83.1 cm³/mol. The van der Waals surface area contributed by atoms with Crippen molar-refractivity contribution in [3.8, 4) is 0 Å². The van der Waals surface area contributed by atoms with Gasteiger partial charge in [-0.15, -0.1) is 0 Å². The van der Waals surface area contributed by atoms with E-state index in [1.807, 2.05) is 0 Å². The number of hydrogen-bond donors (Lipinski definition) is 2. The summed E-state index contributed by atoms with van der Waals surface area (Å²) in [6.07, 6.45) is 0.575. The molecule has 0 bridgehead atoms. The number of likely N-dealkylation sites (N-methyl/N-ethyl adjacent to an activating group) is 1. The van der Waals surface area contributed by atoms with Crippen molar-refractivity contribution in [2.75, 3.05) is 33.2 Å². The Morgan fingerprint density at radius 1 is 1.43 bits per heavy atom. The molecule has 2 amide bonds. The van der Waals surface area contributed by atoms with Gasteiger partial charge in [-0.05, 0) is 24.5 Å². The van der Waals surface area contributed by atoms with Crippen molar-refractivity contribution in [3.05, 3.63) is 35.4 Å². The lowest BCUT2D eigenvalue weighted by Gasteiger charge is -2.29. The topological polar surface area (TPSA) is 55.8 Å². The zero-order valence-electron chi connectivity index (χ0n) is 12.9. The standard InChI is InChI=1S/C16H25N3O2/c1-13(20)11-18(2)16(21)17-8-10-19-9-7-14-5-3-4-6-15(14)12-19/h3-6,13,20H,7-12H2,1-2H3,(H,17,21). The van der Waals surface area contributed by atoms with E-state index in [1.54, 1.807) is 14.0 Å². The van der Waals surface area contributed by atoms with E-state index in [1.165, 1.54) is 16.0 Å². The molecular formula is C16H25N3O2. The molecule has 1 aliphatic heterocycles. The number of aliphatic hydroxyl groups excluding tert-OH is 1. The van der Waals surface area contributed by atoms with Crippen LogP contribution in [0.15, 0.2) is 24.3 Å². The highest BCUT2D eigenvalue weighted by atomic mass is 16.3. The fourth-order valence-corrected chi connectivity index (χ4v) is 2.68. The van der Waals surface area contributed by atoms with Gasteiger partial charge in [0.25, 0.3) is 0 Å². The molecule has 1 aromatic rings. The molecule has 116 valence electrons. The highest BCUT2D eigenvalue weighted by molar-refractivity contribution is 5.73. The molecule has 5 heteroatoms. The van der Waals surface area contributed by atoms with Crippen LogP contribution in [0, 0.1) is 0 Å². The van der Waals surface area contributed by atoms with Crippen LogP contribution in [0.3, 0.4) is 0 Å². The summed E-state index contributed by atoms with van der Waals surface area (Å²) < 4.78 is 0. The number of rotatable bonds is 5. The predicted octanol–water partition coefficient (Wildman–Crippen LogP) is 1.07. The van der Waals surface area contributed by atoms with E-state index in [0.29, 0.717) is 13.1 Å². The number of amides is 2. The number of carbonyl (C=O) groups excluding carboxylic acids is 1. The highest BCUT2D eigenvalue weighted by Gasteiger charge is 2.16. The molecule has 0 fully saturated rings. The molecule has 0 saturated carbocycles. The van der Waals surface area contributed by atoms with E-state index in [0.717, 1.165) is 26.1 Å². The summed E-state index contributed by atoms with van der Waals surface area (Å²) in [5.74, 6) is 0. The second-order valence-corrected chi connectivity index (χ2v) is 5.76. The second kappa shape index (κ2) is 7.43. The number of urea groups is 1. The molecule has 0 spiro atoms. The van der Waals surface area contributed by atoms with Gasteiger partial charge in [0, 0.05) is 39.8 Å². The Kier molecular flexibility index (Phi) is 5.59. The summed E-state index contributed by atoms with van der Waals surface area (Å²) in [6, 6.07) is 8.41. The first-order valence-corrected chi connectivity index (χ1v) is 7.52. The number of nitrogens with zero attached hydrogens (tertiary/aromatic N) is 2. The van der Waals surface area contributed by atoms with Crippen LogP contribution < -0.4 is 5.32 Å². The Morgan fingerprint density at radius 3 is 2.86 bits per heavy atom. The quantitative estimate of drug-likeness (QED) is 0.853. The van der Waals surface area contributed by atoms with Crippen LogP contribution in [0.2, 0.25) is 0 Å². The summed E-state index contributed by atoms with van der Waals surface area (Å²) in [4.78, 5) is 15.7. The van der Waals surface area contributed by atoms with Crippen molar-refractivity contribution < 1.29 is 9.90 Å². The maximum Gasteiger partial charge on any atom is 0.317 e. The van der Waals surface area contributed by atoms with Gasteiger partial charge >= 0.3 is 6.03 Å². The third-order valence-corrected chi connectivity index (χ3v) is 3.80. The van der Waals surface area contributed by atoms with Crippen molar-refractivity contribution in [2.24, 2.45) is 0 Å². The fraction of sp³-hybridized carbons (Fsp3) is 0.562. The lowest BCUT2D eigenvalue weighted by molar-refractivity contribution is 0.143. The Hall–Kier alpha value is -1.59. The Balaban J connectivity index is 1.71. The number of benzene rings is 1. The number of carbonyl (C=O) groups is 1. The van der Waals surface area contributed by atoms with Gasteiger partial charge in [0.05, 0.1) is 6.10 Å². The van der Waals surface area contributed by atoms with Gasteiger partial charge in [0.2, 0.25) is 0 Å². The molecule has 1 atom stereocenters. The summed E-state index contributed by atoms with van der Waals surface area (Å²) in [7, 11) is 1.69. The molecule has 0 radical (unpaired) electrons. The SMILES string of the molecule is CC(O)CN(C)C(=O)NCCN1CCc2ccccc2C1. The summed E-state index contributed by atoms with van der Waals surface area (Å²) in [5.41, 5.74) is 2.83. The van der Waals surface area contributed by atoms with Crippen molar-refractivity contribution in [2.45, 2.75) is 26.0 Å². The molecule has 1 heterocycles. The lowest BCUT2D eigenvalue weighted by atomic mass is 10.00. The average Bonchev–Trinajstić information content (AvgIpc) is 2.46. The second-order valence-electron chi connectivity index (χ2n) is 5.76. The first-order valence-electron chi connectivity index (χ1n) is 7.52. The summed E-state index contributed by atoms with van der Waals surface area (Å²) >= 11 is 0. The zero-order chi connectivity index (χ0) is 15.2. The molecule has 2 N–H and O–H groups in total. The zero-order valence-corrected chi connectivity index (χ0v) is 12.9. The van der Waals surface area contributed by atoms with Crippen LogP contribution in [0.5, 0.6) is 0 Å². The van der Waals surface area contributed by atoms with E-state index in [9.17, 15) is 9.90 Å². The van der Waals surface area contributed by atoms with Crippen LogP contribution >= 0.6 is 0 Å². The van der Waals surface area contributed by atoms with Gasteiger partial charge in [-0.3, -0.25) is 4.90 Å². The van der Waals surface area contributed by atoms with Crippen molar-refractivity contribution >= 4 is 6.03 Å². The molecule has 1 aromatic carbocycles. The van der Waals surface area contributed by atoms with Crippen LogP contribution in [-0.2, 0) is 13.0 Å². The van der Waals surface area contributed by atoms with Gasteiger partial charge < -0.3 is 15.3 Å². The minimum absolute atomic E-state index is 0.131. The lowest BCUT2D eigenvalue weighted by Crippen LogP contribution is -2.44. The molecule has 1 aliphatic rings. The van der Waals surface area contributed by atoms with Crippen LogP contribution in [0.1, 0.15) is 18.1 Å². The third kappa shape index (κ3) is 4.72. The Morgan fingerprint density at radius 2 is 2.14 bits per heavy atom. The average molecular weight is 291 g/mol. The van der Waals surface area contributed by atoms with Crippen molar-refractivity contribution in [3.63, 3.8) is 0 Å². The summed E-state index contributed by atoms with van der Waals surface area (Å²) in [5, 5.41) is 12.2. The van der Waals surface area contributed by atoms with Crippen molar-refractivity contribution in [1.29, 1.82) is 0 Å². The van der Waals surface area contributed by atoms with Gasteiger partial charge in [0.15, 0.2) is 0 Å². The molecule has 0 aliphatic carbocycles. The first-order chi connectivity index (χ1) is 10.1. The monoisotopic (exact) mass is 291 g/mol. The maximum atomic E-state index is 11.8. The van der Waals surface area contributed by atoms with Crippen molar-refractivity contribution in [1.82, 2.24) is 15.1 Å². The first kappa shape index (κ1) is 15.8. The number of aliphatic hydroxyl groups is 1. The van der Waals surface area contributed by atoms with E-state index < -0.39 is 6.10 Å². The minimum Gasteiger partial charge on any atom is -0.392 e. The van der Waals surface area contributed by atoms with E-state index >= 15 is 0 Å². The smallest absolute Gasteiger partial charge is 0.317 e. The van der Waals surface area contributed by atoms with E-state index in [2.05, 4.69) is 34.5 Å². The molecule has 1 unspecified atom stereocenters. The molecule has 2 rings (SSSR count). The van der Waals surface area contributed by atoms with Gasteiger partial charge in [-0.25, -0.2) is 4.79 Å². The van der Waals surface area contributed by atoms with E-state index in [4.69, 9.17) is 0 Å². The summed E-state index contributed by atoms with van der Waals surface area (Å²) in [6.45, 7) is 5.50. The van der Waals surface area contributed by atoms with Crippen LogP contribution in [0.25, 0.3) is 0 Å². The molecular weight excluding hydrogens is 266 g/mol. The maximum absolute atomic E-state index is 11.8. The molecule has 0 saturated heterocycles. The normalized spacial score (nSPS) is 16.1. The largest absolute Gasteiger partial charge is 0.392 e. The molecule has 0 aromatic heterocycles. The van der Waals surface area contributed by atoms with Crippen LogP contribution in [0.4, 0.5) is 4.79 Å². The highest BCUT2D eigenvalue weighted by Crippen LogP contribution is 2.17. The Bertz CT molecular complexity index is 476. The van der Waals surface area contributed by atoms with E-state index in [-0.39, 0.29) is 6.03 Å². The van der Waals surface area contributed by atoms with Gasteiger partial charge in [-0.2, -0.15) is 0 Å².